The molecule has 1 aromatic heterocycles. The molecule has 0 aliphatic rings. The first-order valence-corrected chi connectivity index (χ1v) is 5.59. The van der Waals surface area contributed by atoms with Crippen molar-refractivity contribution in [3.63, 3.8) is 0 Å². The van der Waals surface area contributed by atoms with E-state index in [9.17, 15) is 4.39 Å². The molecule has 4 heteroatoms. The van der Waals surface area contributed by atoms with Gasteiger partial charge in [-0.05, 0) is 19.1 Å². The van der Waals surface area contributed by atoms with Crippen LogP contribution in [0, 0.1) is 11.9 Å². The van der Waals surface area contributed by atoms with Crippen molar-refractivity contribution in [1.82, 2.24) is 4.98 Å². The number of benzene rings is 1. The third-order valence-corrected chi connectivity index (χ3v) is 2.72. The van der Waals surface area contributed by atoms with Crippen LogP contribution in [0.15, 0.2) is 36.5 Å². The Morgan fingerprint density at radius 3 is 2.88 bits per heavy atom. The lowest BCUT2D eigenvalue weighted by molar-refractivity contribution is 0.600. The normalized spacial score (nSPS) is 12.2. The highest BCUT2D eigenvalue weighted by Crippen LogP contribution is 2.24. The largest absolute Gasteiger partial charge is 0.362 e. The van der Waals surface area contributed by atoms with Crippen molar-refractivity contribution in [2.24, 2.45) is 0 Å². The molecular weight excluding hydrogens is 239 g/mol. The fourth-order valence-corrected chi connectivity index (χ4v) is 1.72. The predicted molar refractivity (Wildman–Crippen MR) is 66.5 cm³/mol. The van der Waals surface area contributed by atoms with Crippen LogP contribution >= 0.6 is 11.6 Å². The van der Waals surface area contributed by atoms with Crippen LogP contribution in [0.25, 0.3) is 0 Å². The molecule has 0 spiro atoms. The molecule has 0 aliphatic heterocycles. The molecule has 0 saturated carbocycles. The second kappa shape index (κ2) is 5.15. The van der Waals surface area contributed by atoms with Gasteiger partial charge in [0.15, 0.2) is 0 Å². The highest BCUT2D eigenvalue weighted by molar-refractivity contribution is 6.32. The SMILES string of the molecule is C[C@H](Nc1nc[c]cc1Cl)c1ccccc1F. The molecule has 2 aromatic rings. The molecule has 0 aliphatic carbocycles. The van der Waals surface area contributed by atoms with Crippen LogP contribution in [-0.2, 0) is 0 Å². The molecule has 1 aromatic carbocycles. The molecule has 87 valence electrons. The van der Waals surface area contributed by atoms with Gasteiger partial charge in [0, 0.05) is 17.8 Å². The number of halogens is 2. The number of anilines is 1. The Hall–Kier alpha value is -1.61. The van der Waals surface area contributed by atoms with Crippen molar-refractivity contribution in [3.05, 3.63) is 59.0 Å². The molecule has 2 rings (SSSR count). The predicted octanol–water partition coefficient (Wildman–Crippen LogP) is 3.85. The van der Waals surface area contributed by atoms with Crippen LogP contribution in [-0.4, -0.2) is 4.98 Å². The number of aromatic nitrogens is 1. The van der Waals surface area contributed by atoms with Crippen molar-refractivity contribution >= 4 is 17.4 Å². The maximum absolute atomic E-state index is 13.5. The third kappa shape index (κ3) is 2.74. The molecule has 1 radical (unpaired) electrons. The van der Waals surface area contributed by atoms with E-state index in [1.54, 1.807) is 24.3 Å². The number of hydrogen-bond acceptors (Lipinski definition) is 2. The summed E-state index contributed by atoms with van der Waals surface area (Å²) in [5.74, 6) is 0.285. The first kappa shape index (κ1) is 11.9. The van der Waals surface area contributed by atoms with E-state index in [-0.39, 0.29) is 11.9 Å². The lowest BCUT2D eigenvalue weighted by Gasteiger charge is -2.16. The van der Waals surface area contributed by atoms with Gasteiger partial charge in [-0.15, -0.1) is 0 Å². The summed E-state index contributed by atoms with van der Waals surface area (Å²) in [5, 5.41) is 3.53. The summed E-state index contributed by atoms with van der Waals surface area (Å²) in [5.41, 5.74) is 0.582. The number of hydrogen-bond donors (Lipinski definition) is 1. The van der Waals surface area contributed by atoms with Gasteiger partial charge >= 0.3 is 0 Å². The van der Waals surface area contributed by atoms with E-state index in [4.69, 9.17) is 11.6 Å². The minimum Gasteiger partial charge on any atom is -0.362 e. The zero-order chi connectivity index (χ0) is 12.3. The summed E-state index contributed by atoms with van der Waals surface area (Å²) in [6.07, 6.45) is 1.52. The monoisotopic (exact) mass is 249 g/mol. The molecule has 0 fully saturated rings. The highest BCUT2D eigenvalue weighted by Gasteiger charge is 2.11. The Labute approximate surface area is 104 Å². The number of nitrogens with zero attached hydrogens (tertiary/aromatic N) is 1. The fraction of sp³-hybridized carbons (Fsp3) is 0.154. The van der Waals surface area contributed by atoms with Gasteiger partial charge in [-0.25, -0.2) is 9.37 Å². The molecule has 1 heterocycles. The standard InChI is InChI=1S/C13H11ClFN2/c1-9(10-5-2-3-7-12(10)15)17-13-11(14)6-4-8-16-13/h2-3,5-9H,1H3,(H,16,17)/t9-/m0/s1. The lowest BCUT2D eigenvalue weighted by atomic mass is 10.1. The first-order valence-electron chi connectivity index (χ1n) is 5.21. The number of rotatable bonds is 3. The zero-order valence-corrected chi connectivity index (χ0v) is 10.0. The van der Waals surface area contributed by atoms with E-state index < -0.39 is 0 Å². The lowest BCUT2D eigenvalue weighted by Crippen LogP contribution is -2.09. The van der Waals surface area contributed by atoms with Crippen molar-refractivity contribution in [3.8, 4) is 0 Å². The van der Waals surface area contributed by atoms with Gasteiger partial charge < -0.3 is 5.32 Å². The van der Waals surface area contributed by atoms with Crippen LogP contribution < -0.4 is 5.32 Å². The Balaban J connectivity index is 2.20. The van der Waals surface area contributed by atoms with E-state index in [1.165, 1.54) is 12.3 Å². The van der Waals surface area contributed by atoms with Gasteiger partial charge in [-0.2, -0.15) is 0 Å². The van der Waals surface area contributed by atoms with Crippen molar-refractivity contribution in [1.29, 1.82) is 0 Å². The van der Waals surface area contributed by atoms with Crippen molar-refractivity contribution in [2.75, 3.05) is 5.32 Å². The quantitative estimate of drug-likeness (QED) is 0.894. The number of pyridine rings is 1. The summed E-state index contributed by atoms with van der Waals surface area (Å²) < 4.78 is 13.5. The summed E-state index contributed by atoms with van der Waals surface area (Å²) in [7, 11) is 0. The molecule has 1 atom stereocenters. The minimum absolute atomic E-state index is 0.205. The van der Waals surface area contributed by atoms with Crippen LogP contribution in [0.1, 0.15) is 18.5 Å². The van der Waals surface area contributed by atoms with Gasteiger partial charge in [-0.3, -0.25) is 0 Å². The molecule has 17 heavy (non-hydrogen) atoms. The average molecular weight is 250 g/mol. The summed E-state index contributed by atoms with van der Waals surface area (Å²) in [4.78, 5) is 4.05. The van der Waals surface area contributed by atoms with Crippen LogP contribution in [0.5, 0.6) is 0 Å². The van der Waals surface area contributed by atoms with Crippen molar-refractivity contribution in [2.45, 2.75) is 13.0 Å². The second-order valence-corrected chi connectivity index (χ2v) is 4.06. The molecule has 2 nitrogen and oxygen atoms in total. The molecule has 0 unspecified atom stereocenters. The van der Waals surface area contributed by atoms with Crippen molar-refractivity contribution < 1.29 is 4.39 Å². The van der Waals surface area contributed by atoms with E-state index in [2.05, 4.69) is 16.4 Å². The van der Waals surface area contributed by atoms with Gasteiger partial charge in [0.2, 0.25) is 0 Å². The van der Waals surface area contributed by atoms with Gasteiger partial charge in [0.05, 0.1) is 11.1 Å². The Kier molecular flexibility index (Phi) is 3.59. The number of nitrogens with one attached hydrogen (secondary N) is 1. The van der Waals surface area contributed by atoms with Gasteiger partial charge in [0.1, 0.15) is 11.6 Å². The summed E-state index contributed by atoms with van der Waals surface area (Å²) in [6.45, 7) is 1.85. The van der Waals surface area contributed by atoms with Crippen LogP contribution in [0.4, 0.5) is 10.2 Å². The molecule has 0 amide bonds. The van der Waals surface area contributed by atoms with Crippen LogP contribution in [0.2, 0.25) is 5.02 Å². The average Bonchev–Trinajstić information content (AvgIpc) is 2.32. The minimum atomic E-state index is -0.244. The Morgan fingerprint density at radius 1 is 1.41 bits per heavy atom. The zero-order valence-electron chi connectivity index (χ0n) is 9.24. The Bertz CT molecular complexity index is 516. The van der Waals surface area contributed by atoms with E-state index in [0.717, 1.165) is 0 Å². The fourth-order valence-electron chi connectivity index (χ4n) is 1.56. The molecule has 0 bridgehead atoms. The van der Waals surface area contributed by atoms with Gasteiger partial charge in [-0.1, -0.05) is 29.8 Å². The van der Waals surface area contributed by atoms with Gasteiger partial charge in [0.25, 0.3) is 0 Å². The molecule has 1 N–H and O–H groups in total. The van der Waals surface area contributed by atoms with E-state index in [0.29, 0.717) is 16.4 Å². The van der Waals surface area contributed by atoms with E-state index >= 15 is 0 Å². The smallest absolute Gasteiger partial charge is 0.145 e. The third-order valence-electron chi connectivity index (χ3n) is 2.43. The summed E-state index contributed by atoms with van der Waals surface area (Å²) in [6, 6.07) is 10.8. The Morgan fingerprint density at radius 2 is 2.18 bits per heavy atom. The first-order chi connectivity index (χ1) is 8.18. The van der Waals surface area contributed by atoms with E-state index in [1.807, 2.05) is 6.92 Å². The summed E-state index contributed by atoms with van der Waals surface area (Å²) >= 11 is 5.95. The maximum atomic E-state index is 13.5. The highest BCUT2D eigenvalue weighted by atomic mass is 35.5. The molecule has 0 saturated heterocycles. The molecular formula is C13H11ClFN2. The second-order valence-electron chi connectivity index (χ2n) is 3.65. The topological polar surface area (TPSA) is 24.9 Å². The maximum Gasteiger partial charge on any atom is 0.145 e. The van der Waals surface area contributed by atoms with Crippen LogP contribution in [0.3, 0.4) is 0 Å².